The first-order valence-electron chi connectivity index (χ1n) is 9.09. The van der Waals surface area contributed by atoms with Crippen LogP contribution in [0.4, 0.5) is 5.69 Å². The number of sulfonamides is 2. The maximum atomic E-state index is 12.8. The highest BCUT2D eigenvalue weighted by Crippen LogP contribution is 2.26. The number of nitrogens with one attached hydrogen (secondary N) is 3. The third-order valence-electron chi connectivity index (χ3n) is 4.29. The van der Waals surface area contributed by atoms with Crippen LogP contribution < -0.4 is 19.5 Å². The zero-order valence-corrected chi connectivity index (χ0v) is 18.8. The Kier molecular flexibility index (Phi) is 7.59. The van der Waals surface area contributed by atoms with Gasteiger partial charge in [-0.1, -0.05) is 13.0 Å². The van der Waals surface area contributed by atoms with E-state index in [1.54, 1.807) is 13.0 Å². The van der Waals surface area contributed by atoms with Crippen LogP contribution in [-0.4, -0.2) is 43.4 Å². The van der Waals surface area contributed by atoms with Crippen LogP contribution >= 0.6 is 0 Å². The van der Waals surface area contributed by atoms with Crippen molar-refractivity contribution in [3.63, 3.8) is 0 Å². The van der Waals surface area contributed by atoms with Crippen molar-refractivity contribution in [1.29, 1.82) is 0 Å². The molecular weight excluding hydrogens is 430 g/mol. The predicted octanol–water partition coefficient (Wildman–Crippen LogP) is 1.85. The minimum absolute atomic E-state index is 0.00679. The largest absolute Gasteiger partial charge is 0.495 e. The number of ether oxygens (including phenoxy) is 1. The average Bonchev–Trinajstić information content (AvgIpc) is 2.73. The van der Waals surface area contributed by atoms with Gasteiger partial charge in [-0.15, -0.1) is 0 Å². The number of aryl methyl sites for hydroxylation is 1. The van der Waals surface area contributed by atoms with Crippen LogP contribution in [0.3, 0.4) is 0 Å². The van der Waals surface area contributed by atoms with Crippen LogP contribution in [0.2, 0.25) is 0 Å². The maximum absolute atomic E-state index is 12.8. The van der Waals surface area contributed by atoms with E-state index in [-0.39, 0.29) is 27.6 Å². The predicted molar refractivity (Wildman–Crippen MR) is 114 cm³/mol. The van der Waals surface area contributed by atoms with Gasteiger partial charge in [0.15, 0.2) is 0 Å². The highest BCUT2D eigenvalue weighted by Gasteiger charge is 2.22. The summed E-state index contributed by atoms with van der Waals surface area (Å²) in [4.78, 5) is 12.6. The first kappa shape index (κ1) is 23.8. The van der Waals surface area contributed by atoms with Crippen molar-refractivity contribution in [3.05, 3.63) is 47.5 Å². The van der Waals surface area contributed by atoms with Crippen molar-refractivity contribution < 1.29 is 26.4 Å². The quantitative estimate of drug-likeness (QED) is 0.529. The summed E-state index contributed by atoms with van der Waals surface area (Å²) < 4.78 is 58.9. The SMILES string of the molecule is CCCNS(=O)(=O)c1cc(C(=O)Nc2cc(S(=O)(=O)NC)ccc2C)ccc1OC. The van der Waals surface area contributed by atoms with Crippen molar-refractivity contribution in [1.82, 2.24) is 9.44 Å². The Balaban J connectivity index is 2.41. The molecule has 0 aliphatic heterocycles. The van der Waals surface area contributed by atoms with Gasteiger partial charge in [0.2, 0.25) is 20.0 Å². The molecule has 0 aliphatic rings. The van der Waals surface area contributed by atoms with E-state index in [1.807, 2.05) is 6.92 Å². The Bertz CT molecular complexity index is 1140. The van der Waals surface area contributed by atoms with Gasteiger partial charge in [0, 0.05) is 17.8 Å². The van der Waals surface area contributed by atoms with Gasteiger partial charge in [0.1, 0.15) is 10.6 Å². The van der Waals surface area contributed by atoms with E-state index in [0.29, 0.717) is 17.7 Å². The smallest absolute Gasteiger partial charge is 0.255 e. The molecule has 0 unspecified atom stereocenters. The summed E-state index contributed by atoms with van der Waals surface area (Å²) in [7, 11) is -4.93. The number of carbonyl (C=O) groups excluding carboxylic acids is 1. The Hall–Kier alpha value is -2.47. The van der Waals surface area contributed by atoms with Crippen LogP contribution in [0.15, 0.2) is 46.2 Å². The number of benzene rings is 2. The second kappa shape index (κ2) is 9.56. The van der Waals surface area contributed by atoms with Crippen LogP contribution in [0.1, 0.15) is 29.3 Å². The molecule has 2 aromatic carbocycles. The summed E-state index contributed by atoms with van der Waals surface area (Å²) in [5.74, 6) is -0.486. The van der Waals surface area contributed by atoms with E-state index in [2.05, 4.69) is 14.8 Å². The molecule has 11 heteroatoms. The molecule has 0 saturated carbocycles. The first-order valence-corrected chi connectivity index (χ1v) is 12.1. The molecule has 2 aromatic rings. The van der Waals surface area contributed by atoms with Gasteiger partial charge in [-0.05, 0) is 56.3 Å². The van der Waals surface area contributed by atoms with Gasteiger partial charge in [-0.25, -0.2) is 26.3 Å². The van der Waals surface area contributed by atoms with Crippen molar-refractivity contribution >= 4 is 31.6 Å². The maximum Gasteiger partial charge on any atom is 0.255 e. The van der Waals surface area contributed by atoms with E-state index in [1.165, 1.54) is 44.5 Å². The highest BCUT2D eigenvalue weighted by atomic mass is 32.2. The van der Waals surface area contributed by atoms with Gasteiger partial charge in [-0.2, -0.15) is 0 Å². The topological polar surface area (TPSA) is 131 Å². The fourth-order valence-electron chi connectivity index (χ4n) is 2.56. The second-order valence-corrected chi connectivity index (χ2v) is 10.0. The lowest BCUT2D eigenvalue weighted by molar-refractivity contribution is 0.102. The zero-order chi connectivity index (χ0) is 22.5. The van der Waals surface area contributed by atoms with Crippen molar-refractivity contribution in [3.8, 4) is 5.75 Å². The fourth-order valence-corrected chi connectivity index (χ4v) is 4.64. The van der Waals surface area contributed by atoms with Crippen molar-refractivity contribution in [2.75, 3.05) is 26.0 Å². The molecule has 0 fully saturated rings. The van der Waals surface area contributed by atoms with Gasteiger partial charge in [-0.3, -0.25) is 4.79 Å². The zero-order valence-electron chi connectivity index (χ0n) is 17.1. The lowest BCUT2D eigenvalue weighted by Gasteiger charge is -2.14. The molecule has 0 aliphatic carbocycles. The number of hydrogen-bond acceptors (Lipinski definition) is 6. The number of carbonyl (C=O) groups is 1. The number of methoxy groups -OCH3 is 1. The summed E-state index contributed by atoms with van der Waals surface area (Å²) in [5, 5.41) is 2.64. The molecule has 0 bridgehead atoms. The summed E-state index contributed by atoms with van der Waals surface area (Å²) in [6.07, 6.45) is 0.604. The molecule has 0 radical (unpaired) electrons. The van der Waals surface area contributed by atoms with E-state index in [4.69, 9.17) is 4.74 Å². The molecule has 0 saturated heterocycles. The van der Waals surface area contributed by atoms with Crippen molar-refractivity contribution in [2.45, 2.75) is 30.1 Å². The molecule has 1 amide bonds. The third kappa shape index (κ3) is 5.36. The molecule has 30 heavy (non-hydrogen) atoms. The Morgan fingerprint density at radius 3 is 2.33 bits per heavy atom. The average molecular weight is 456 g/mol. The van der Waals surface area contributed by atoms with Crippen molar-refractivity contribution in [2.24, 2.45) is 0 Å². The Morgan fingerprint density at radius 2 is 1.73 bits per heavy atom. The summed E-state index contributed by atoms with van der Waals surface area (Å²) in [6, 6.07) is 8.37. The molecule has 164 valence electrons. The molecule has 0 heterocycles. The van der Waals surface area contributed by atoms with E-state index in [9.17, 15) is 21.6 Å². The second-order valence-electron chi connectivity index (χ2n) is 6.40. The monoisotopic (exact) mass is 455 g/mol. The minimum atomic E-state index is -3.87. The van der Waals surface area contributed by atoms with E-state index in [0.717, 1.165) is 0 Å². The molecule has 0 spiro atoms. The number of rotatable bonds is 9. The summed E-state index contributed by atoms with van der Waals surface area (Å²) >= 11 is 0. The van der Waals surface area contributed by atoms with Crippen LogP contribution in [0.5, 0.6) is 5.75 Å². The third-order valence-corrected chi connectivity index (χ3v) is 7.19. The molecule has 0 atom stereocenters. The molecule has 9 nitrogen and oxygen atoms in total. The first-order chi connectivity index (χ1) is 14.1. The van der Waals surface area contributed by atoms with Gasteiger partial charge < -0.3 is 10.1 Å². The number of hydrogen-bond donors (Lipinski definition) is 3. The molecular formula is C19H25N3O6S2. The van der Waals surface area contributed by atoms with Crippen LogP contribution in [0.25, 0.3) is 0 Å². The fraction of sp³-hybridized carbons (Fsp3) is 0.316. The Labute approximate surface area is 176 Å². The summed E-state index contributed by atoms with van der Waals surface area (Å²) in [6.45, 7) is 3.78. The van der Waals surface area contributed by atoms with Crippen LogP contribution in [0, 0.1) is 6.92 Å². The Morgan fingerprint density at radius 1 is 1.03 bits per heavy atom. The summed E-state index contributed by atoms with van der Waals surface area (Å²) in [5.41, 5.74) is 1.01. The van der Waals surface area contributed by atoms with E-state index < -0.39 is 26.0 Å². The molecule has 2 rings (SSSR count). The molecule has 3 N–H and O–H groups in total. The standard InChI is InChI=1S/C19H25N3O6S2/c1-5-10-21-30(26,27)18-11-14(7-9-17(18)28-4)19(23)22-16-12-15(8-6-13(16)2)29(24,25)20-3/h6-9,11-12,20-21H,5,10H2,1-4H3,(H,22,23). The lowest BCUT2D eigenvalue weighted by atomic mass is 10.1. The molecule has 0 aromatic heterocycles. The minimum Gasteiger partial charge on any atom is -0.495 e. The normalized spacial score (nSPS) is 11.9. The number of anilines is 1. The van der Waals surface area contributed by atoms with Gasteiger partial charge >= 0.3 is 0 Å². The van der Waals surface area contributed by atoms with Gasteiger partial charge in [0.05, 0.1) is 12.0 Å². The van der Waals surface area contributed by atoms with Gasteiger partial charge in [0.25, 0.3) is 5.91 Å². The highest BCUT2D eigenvalue weighted by molar-refractivity contribution is 7.89. The van der Waals surface area contributed by atoms with Crippen LogP contribution in [-0.2, 0) is 20.0 Å². The van der Waals surface area contributed by atoms with E-state index >= 15 is 0 Å². The lowest BCUT2D eigenvalue weighted by Crippen LogP contribution is -2.25. The number of amides is 1.